The zero-order chi connectivity index (χ0) is 32.1. The van der Waals surface area contributed by atoms with E-state index in [-0.39, 0.29) is 0 Å². The first-order chi connectivity index (χ1) is 23.8. The van der Waals surface area contributed by atoms with Crippen molar-refractivity contribution in [2.24, 2.45) is 0 Å². The van der Waals surface area contributed by atoms with Crippen LogP contribution in [0.25, 0.3) is 77.9 Å². The smallest absolute Gasteiger partial charge is 0.115 e. The highest BCUT2D eigenvalue weighted by Gasteiger charge is 2.11. The van der Waals surface area contributed by atoms with Gasteiger partial charge in [0.1, 0.15) is 6.33 Å². The third kappa shape index (κ3) is 6.18. The zero-order valence-electron chi connectivity index (χ0n) is 26.2. The van der Waals surface area contributed by atoms with Crippen molar-refractivity contribution < 1.29 is 0 Å². The largest absolute Gasteiger partial charge is 0.265 e. The van der Waals surface area contributed by atoms with Gasteiger partial charge in [-0.1, -0.05) is 103 Å². The molecule has 3 heteroatoms. The molecule has 2 heterocycles. The molecule has 0 unspecified atom stereocenters. The van der Waals surface area contributed by atoms with Crippen LogP contribution in [0.1, 0.15) is 0 Å². The molecule has 8 aromatic rings. The van der Waals surface area contributed by atoms with Gasteiger partial charge in [0.2, 0.25) is 0 Å². The quantitative estimate of drug-likeness (QED) is 0.179. The highest BCUT2D eigenvalue weighted by atomic mass is 14.8. The fourth-order valence-corrected chi connectivity index (χ4v) is 6.26. The third-order valence-electron chi connectivity index (χ3n) is 8.73. The predicted octanol–water partition coefficient (Wildman–Crippen LogP) is 11.5. The zero-order valence-corrected chi connectivity index (χ0v) is 26.2. The van der Waals surface area contributed by atoms with E-state index >= 15 is 0 Å². The molecule has 226 valence electrons. The standard InChI is InChI=1S/C45H31N3/c1-2-8-32(9-3-1)42-26-43(39-15-5-12-36(23-39)35-11-4-10-34(22-35)33-18-20-46-21-19-33)28-44(27-42)40-16-6-13-37(24-40)38-14-7-17-41(25-38)45-29-47-31-48-30-45/h1-31H. The molecule has 3 nitrogen and oxygen atoms in total. The highest BCUT2D eigenvalue weighted by Crippen LogP contribution is 2.36. The second-order valence-electron chi connectivity index (χ2n) is 11.9. The number of hydrogen-bond donors (Lipinski definition) is 0. The molecule has 0 saturated heterocycles. The first kappa shape index (κ1) is 29.0. The summed E-state index contributed by atoms with van der Waals surface area (Å²) >= 11 is 0. The molecule has 0 N–H and O–H groups in total. The van der Waals surface area contributed by atoms with Gasteiger partial charge in [0.15, 0.2) is 0 Å². The fourth-order valence-electron chi connectivity index (χ4n) is 6.26. The van der Waals surface area contributed by atoms with Crippen molar-refractivity contribution in [2.45, 2.75) is 0 Å². The number of pyridine rings is 1. The van der Waals surface area contributed by atoms with Gasteiger partial charge in [-0.15, -0.1) is 0 Å². The molecule has 0 aliphatic heterocycles. The lowest BCUT2D eigenvalue weighted by molar-refractivity contribution is 1.17. The summed E-state index contributed by atoms with van der Waals surface area (Å²) in [5.74, 6) is 0. The van der Waals surface area contributed by atoms with Gasteiger partial charge >= 0.3 is 0 Å². The van der Waals surface area contributed by atoms with Crippen LogP contribution < -0.4 is 0 Å². The maximum absolute atomic E-state index is 4.21. The van der Waals surface area contributed by atoms with Gasteiger partial charge in [-0.25, -0.2) is 9.97 Å². The molecule has 6 aromatic carbocycles. The summed E-state index contributed by atoms with van der Waals surface area (Å²) in [6.07, 6.45) is 8.95. The minimum atomic E-state index is 1.00. The molecular formula is C45H31N3. The number of hydrogen-bond acceptors (Lipinski definition) is 3. The molecule has 0 aliphatic rings. The molecule has 0 atom stereocenters. The van der Waals surface area contributed by atoms with Crippen LogP contribution in [0.3, 0.4) is 0 Å². The first-order valence-corrected chi connectivity index (χ1v) is 16.0. The average Bonchev–Trinajstić information content (AvgIpc) is 3.19. The Labute approximate surface area is 280 Å². The van der Waals surface area contributed by atoms with Crippen LogP contribution in [0.4, 0.5) is 0 Å². The van der Waals surface area contributed by atoms with Crippen molar-refractivity contribution >= 4 is 0 Å². The van der Waals surface area contributed by atoms with E-state index in [1.54, 1.807) is 6.33 Å². The molecule has 0 aliphatic carbocycles. The fraction of sp³-hybridized carbons (Fsp3) is 0. The summed E-state index contributed by atoms with van der Waals surface area (Å²) in [4.78, 5) is 12.6. The normalized spacial score (nSPS) is 10.9. The number of rotatable bonds is 7. The van der Waals surface area contributed by atoms with Crippen LogP contribution in [-0.4, -0.2) is 15.0 Å². The van der Waals surface area contributed by atoms with Gasteiger partial charge in [0, 0.05) is 30.4 Å². The molecule has 2 aromatic heterocycles. The number of nitrogens with zero attached hydrogens (tertiary/aromatic N) is 3. The van der Waals surface area contributed by atoms with E-state index in [9.17, 15) is 0 Å². The topological polar surface area (TPSA) is 38.7 Å². The van der Waals surface area contributed by atoms with Crippen molar-refractivity contribution in [3.63, 3.8) is 0 Å². The lowest BCUT2D eigenvalue weighted by atomic mass is 9.91. The number of benzene rings is 6. The molecule has 0 spiro atoms. The van der Waals surface area contributed by atoms with Crippen LogP contribution in [-0.2, 0) is 0 Å². The SMILES string of the molecule is c1ccc(-c2cc(-c3cccc(-c4cccc(-c5ccncc5)c4)c3)cc(-c3cccc(-c4cccc(-c5cncnc5)c4)c3)c2)cc1. The Morgan fingerprint density at radius 1 is 0.229 bits per heavy atom. The lowest BCUT2D eigenvalue weighted by Crippen LogP contribution is -1.88. The van der Waals surface area contributed by atoms with E-state index in [0.29, 0.717) is 0 Å². The monoisotopic (exact) mass is 613 g/mol. The van der Waals surface area contributed by atoms with Crippen LogP contribution in [0, 0.1) is 0 Å². The van der Waals surface area contributed by atoms with Crippen LogP contribution >= 0.6 is 0 Å². The number of aromatic nitrogens is 3. The summed E-state index contributed by atoms with van der Waals surface area (Å²) < 4.78 is 0. The minimum Gasteiger partial charge on any atom is -0.265 e. The van der Waals surface area contributed by atoms with Crippen molar-refractivity contribution in [3.8, 4) is 77.9 Å². The summed E-state index contributed by atoms with van der Waals surface area (Å²) in [5.41, 5.74) is 16.2. The average molecular weight is 614 g/mol. The Morgan fingerprint density at radius 2 is 0.542 bits per heavy atom. The molecular weight excluding hydrogens is 583 g/mol. The van der Waals surface area contributed by atoms with Gasteiger partial charge in [-0.05, 0) is 127 Å². The first-order valence-electron chi connectivity index (χ1n) is 16.0. The highest BCUT2D eigenvalue weighted by molar-refractivity contribution is 5.85. The van der Waals surface area contributed by atoms with Gasteiger partial charge in [-0.3, -0.25) is 4.98 Å². The van der Waals surface area contributed by atoms with Crippen LogP contribution in [0.2, 0.25) is 0 Å². The Hall–Kier alpha value is -6.45. The van der Waals surface area contributed by atoms with Crippen molar-refractivity contribution in [1.29, 1.82) is 0 Å². The second-order valence-corrected chi connectivity index (χ2v) is 11.9. The molecule has 0 amide bonds. The van der Waals surface area contributed by atoms with E-state index in [1.165, 1.54) is 50.1 Å². The molecule has 0 radical (unpaired) electrons. The van der Waals surface area contributed by atoms with Crippen molar-refractivity contribution in [1.82, 2.24) is 15.0 Å². The van der Waals surface area contributed by atoms with E-state index < -0.39 is 0 Å². The maximum atomic E-state index is 4.21. The predicted molar refractivity (Wildman–Crippen MR) is 198 cm³/mol. The maximum Gasteiger partial charge on any atom is 0.115 e. The van der Waals surface area contributed by atoms with E-state index in [0.717, 1.165) is 27.8 Å². The van der Waals surface area contributed by atoms with E-state index in [1.807, 2.05) is 24.8 Å². The second kappa shape index (κ2) is 13.1. The third-order valence-corrected chi connectivity index (χ3v) is 8.73. The van der Waals surface area contributed by atoms with Gasteiger partial charge in [-0.2, -0.15) is 0 Å². The van der Waals surface area contributed by atoms with E-state index in [2.05, 4.69) is 173 Å². The van der Waals surface area contributed by atoms with Crippen molar-refractivity contribution in [2.75, 3.05) is 0 Å². The van der Waals surface area contributed by atoms with E-state index in [4.69, 9.17) is 0 Å². The Kier molecular flexibility index (Phi) is 7.92. The molecule has 48 heavy (non-hydrogen) atoms. The van der Waals surface area contributed by atoms with Gasteiger partial charge in [0.25, 0.3) is 0 Å². The Balaban J connectivity index is 1.20. The molecule has 0 fully saturated rings. The van der Waals surface area contributed by atoms with Gasteiger partial charge in [0.05, 0.1) is 0 Å². The summed E-state index contributed by atoms with van der Waals surface area (Å²) in [5, 5.41) is 0. The molecule has 0 bridgehead atoms. The Bertz CT molecular complexity index is 2190. The Morgan fingerprint density at radius 3 is 1.00 bits per heavy atom. The minimum absolute atomic E-state index is 1.00. The summed E-state index contributed by atoms with van der Waals surface area (Å²) in [6, 6.07) is 56.6. The van der Waals surface area contributed by atoms with Crippen LogP contribution in [0.15, 0.2) is 189 Å². The molecule has 0 saturated carbocycles. The summed E-state index contributed by atoms with van der Waals surface area (Å²) in [6.45, 7) is 0. The lowest BCUT2D eigenvalue weighted by Gasteiger charge is -2.14. The van der Waals surface area contributed by atoms with Crippen LogP contribution in [0.5, 0.6) is 0 Å². The van der Waals surface area contributed by atoms with Crippen molar-refractivity contribution in [3.05, 3.63) is 189 Å². The summed E-state index contributed by atoms with van der Waals surface area (Å²) in [7, 11) is 0. The van der Waals surface area contributed by atoms with Gasteiger partial charge < -0.3 is 0 Å². The molecule has 8 rings (SSSR count).